The Kier molecular flexibility index (Phi) is 4.20. The van der Waals surface area contributed by atoms with Crippen molar-refractivity contribution in [1.29, 1.82) is 0 Å². The fraction of sp³-hybridized carbons (Fsp3) is 0.500. The van der Waals surface area contributed by atoms with Crippen molar-refractivity contribution in [3.63, 3.8) is 0 Å². The van der Waals surface area contributed by atoms with E-state index in [0.29, 0.717) is 13.2 Å². The van der Waals surface area contributed by atoms with Crippen molar-refractivity contribution >= 4 is 11.6 Å². The van der Waals surface area contributed by atoms with E-state index in [0.717, 1.165) is 36.3 Å². The minimum Gasteiger partial charge on any atom is -0.493 e. The highest BCUT2D eigenvalue weighted by Gasteiger charge is 2.29. The first-order valence-electron chi connectivity index (χ1n) is 6.45. The van der Waals surface area contributed by atoms with E-state index in [1.54, 1.807) is 0 Å². The molecular formula is C14H20N2O2. The number of nitrogens with one attached hydrogen (secondary N) is 1. The van der Waals surface area contributed by atoms with E-state index in [1.165, 1.54) is 0 Å². The van der Waals surface area contributed by atoms with Gasteiger partial charge in [-0.15, -0.1) is 0 Å². The van der Waals surface area contributed by atoms with Gasteiger partial charge in [-0.3, -0.25) is 4.79 Å². The zero-order chi connectivity index (χ0) is 13.0. The van der Waals surface area contributed by atoms with Gasteiger partial charge in [0, 0.05) is 17.2 Å². The van der Waals surface area contributed by atoms with Crippen molar-refractivity contribution in [3.05, 3.63) is 23.8 Å². The molecule has 98 valence electrons. The maximum Gasteiger partial charge on any atom is 0.227 e. The van der Waals surface area contributed by atoms with Crippen LogP contribution in [0.4, 0.5) is 5.69 Å². The molecule has 4 nitrogen and oxygen atoms in total. The highest BCUT2D eigenvalue weighted by atomic mass is 16.5. The van der Waals surface area contributed by atoms with Crippen molar-refractivity contribution in [2.75, 3.05) is 18.5 Å². The summed E-state index contributed by atoms with van der Waals surface area (Å²) in [5, 5.41) is 2.96. The van der Waals surface area contributed by atoms with Crippen molar-refractivity contribution in [2.45, 2.75) is 26.2 Å². The number of benzene rings is 1. The molecule has 0 unspecified atom stereocenters. The normalized spacial score (nSPS) is 14.3. The monoisotopic (exact) mass is 248 g/mol. The Balaban J connectivity index is 2.01. The van der Waals surface area contributed by atoms with E-state index in [9.17, 15) is 4.79 Å². The van der Waals surface area contributed by atoms with Crippen molar-refractivity contribution in [2.24, 2.45) is 11.7 Å². The molecule has 1 aromatic carbocycles. The van der Waals surface area contributed by atoms with Crippen LogP contribution in [-0.4, -0.2) is 19.1 Å². The number of anilines is 1. The van der Waals surface area contributed by atoms with E-state index < -0.39 is 0 Å². The molecule has 0 heterocycles. The summed E-state index contributed by atoms with van der Waals surface area (Å²) in [4.78, 5) is 11.7. The molecule has 0 radical (unpaired) electrons. The summed E-state index contributed by atoms with van der Waals surface area (Å²) >= 11 is 0. The van der Waals surface area contributed by atoms with Crippen LogP contribution in [0, 0.1) is 12.8 Å². The third kappa shape index (κ3) is 3.23. The maximum absolute atomic E-state index is 11.7. The van der Waals surface area contributed by atoms with Crippen molar-refractivity contribution in [3.8, 4) is 5.75 Å². The minimum absolute atomic E-state index is 0.122. The predicted octanol–water partition coefficient (Wildman–Crippen LogP) is 2.07. The zero-order valence-corrected chi connectivity index (χ0v) is 10.7. The van der Waals surface area contributed by atoms with Crippen LogP contribution in [0.3, 0.4) is 0 Å². The minimum atomic E-state index is 0.122. The first kappa shape index (κ1) is 12.9. The van der Waals surface area contributed by atoms with Crippen LogP contribution in [0.1, 0.15) is 24.8 Å². The Bertz CT molecular complexity index is 428. The van der Waals surface area contributed by atoms with E-state index in [2.05, 4.69) is 5.32 Å². The standard InChI is InChI=1S/C14H20N2O2/c1-10-12(16-14(17)11-6-7-11)4-2-5-13(10)18-9-3-8-15/h2,4-5,11H,3,6-9,15H2,1H3,(H,16,17). The molecule has 0 aromatic heterocycles. The quantitative estimate of drug-likeness (QED) is 0.757. The summed E-state index contributed by atoms with van der Waals surface area (Å²) in [7, 11) is 0. The number of amides is 1. The van der Waals surface area contributed by atoms with Gasteiger partial charge in [-0.2, -0.15) is 0 Å². The van der Waals surface area contributed by atoms with Crippen LogP contribution >= 0.6 is 0 Å². The maximum atomic E-state index is 11.7. The summed E-state index contributed by atoms with van der Waals surface area (Å²) in [5.74, 6) is 1.15. The third-order valence-electron chi connectivity index (χ3n) is 3.10. The molecule has 4 heteroatoms. The molecule has 1 aromatic rings. The van der Waals surface area contributed by atoms with Crippen LogP contribution in [-0.2, 0) is 4.79 Å². The summed E-state index contributed by atoms with van der Waals surface area (Å²) < 4.78 is 5.64. The van der Waals surface area contributed by atoms with Crippen molar-refractivity contribution < 1.29 is 9.53 Å². The lowest BCUT2D eigenvalue weighted by atomic mass is 10.1. The topological polar surface area (TPSA) is 64.3 Å². The van der Waals surface area contributed by atoms with Gasteiger partial charge >= 0.3 is 0 Å². The Labute approximate surface area is 108 Å². The zero-order valence-electron chi connectivity index (χ0n) is 10.7. The third-order valence-corrected chi connectivity index (χ3v) is 3.10. The van der Waals surface area contributed by atoms with E-state index in [1.807, 2.05) is 25.1 Å². The second-order valence-electron chi connectivity index (χ2n) is 4.68. The Morgan fingerprint density at radius 2 is 2.28 bits per heavy atom. The van der Waals surface area contributed by atoms with Gasteiger partial charge in [-0.05, 0) is 44.9 Å². The first-order chi connectivity index (χ1) is 8.72. The van der Waals surface area contributed by atoms with Gasteiger partial charge in [0.1, 0.15) is 5.75 Å². The molecular weight excluding hydrogens is 228 g/mol. The summed E-state index contributed by atoms with van der Waals surface area (Å²) in [6.45, 7) is 3.19. The fourth-order valence-electron chi connectivity index (χ4n) is 1.75. The van der Waals surface area contributed by atoms with Crippen LogP contribution in [0.15, 0.2) is 18.2 Å². The Morgan fingerprint density at radius 3 is 2.94 bits per heavy atom. The Morgan fingerprint density at radius 1 is 1.50 bits per heavy atom. The summed E-state index contributed by atoms with van der Waals surface area (Å²) in [5.41, 5.74) is 7.25. The number of hydrogen-bond donors (Lipinski definition) is 2. The van der Waals surface area contributed by atoms with Crippen LogP contribution in [0.5, 0.6) is 5.75 Å². The number of carbonyl (C=O) groups is 1. The molecule has 0 aliphatic heterocycles. The second kappa shape index (κ2) is 5.87. The molecule has 18 heavy (non-hydrogen) atoms. The fourth-order valence-corrected chi connectivity index (χ4v) is 1.75. The molecule has 0 bridgehead atoms. The molecule has 0 saturated heterocycles. The van der Waals surface area contributed by atoms with Gasteiger partial charge in [-0.25, -0.2) is 0 Å². The molecule has 1 amide bonds. The molecule has 2 rings (SSSR count). The number of ether oxygens (including phenoxy) is 1. The van der Waals surface area contributed by atoms with E-state index in [-0.39, 0.29) is 11.8 Å². The summed E-state index contributed by atoms with van der Waals surface area (Å²) in [6, 6.07) is 5.72. The summed E-state index contributed by atoms with van der Waals surface area (Å²) in [6.07, 6.45) is 2.85. The SMILES string of the molecule is Cc1c(NC(=O)C2CC2)cccc1OCCCN. The molecule has 1 fully saturated rings. The van der Waals surface area contributed by atoms with Gasteiger partial charge in [0.2, 0.25) is 5.91 Å². The first-order valence-corrected chi connectivity index (χ1v) is 6.45. The highest BCUT2D eigenvalue weighted by Crippen LogP contribution is 2.32. The van der Waals surface area contributed by atoms with Gasteiger partial charge < -0.3 is 15.8 Å². The van der Waals surface area contributed by atoms with E-state index >= 15 is 0 Å². The molecule has 1 aliphatic carbocycles. The average molecular weight is 248 g/mol. The molecule has 0 spiro atoms. The van der Waals surface area contributed by atoms with Gasteiger partial charge in [0.05, 0.1) is 6.61 Å². The molecule has 1 saturated carbocycles. The number of carbonyl (C=O) groups excluding carboxylic acids is 1. The van der Waals surface area contributed by atoms with Crippen LogP contribution < -0.4 is 15.8 Å². The Hall–Kier alpha value is -1.55. The lowest BCUT2D eigenvalue weighted by Crippen LogP contribution is -2.14. The van der Waals surface area contributed by atoms with Gasteiger partial charge in [0.25, 0.3) is 0 Å². The average Bonchev–Trinajstić information content (AvgIpc) is 3.18. The lowest BCUT2D eigenvalue weighted by Gasteiger charge is -2.13. The highest BCUT2D eigenvalue weighted by molar-refractivity contribution is 5.94. The smallest absolute Gasteiger partial charge is 0.227 e. The van der Waals surface area contributed by atoms with E-state index in [4.69, 9.17) is 10.5 Å². The number of hydrogen-bond acceptors (Lipinski definition) is 3. The molecule has 3 N–H and O–H groups in total. The van der Waals surface area contributed by atoms with Crippen molar-refractivity contribution in [1.82, 2.24) is 0 Å². The molecule has 0 atom stereocenters. The number of nitrogens with two attached hydrogens (primary N) is 1. The molecule has 1 aliphatic rings. The number of rotatable bonds is 6. The van der Waals surface area contributed by atoms with Crippen LogP contribution in [0.25, 0.3) is 0 Å². The van der Waals surface area contributed by atoms with Gasteiger partial charge in [-0.1, -0.05) is 6.07 Å². The van der Waals surface area contributed by atoms with Crippen LogP contribution in [0.2, 0.25) is 0 Å². The largest absolute Gasteiger partial charge is 0.493 e. The lowest BCUT2D eigenvalue weighted by molar-refractivity contribution is -0.117. The predicted molar refractivity (Wildman–Crippen MR) is 71.7 cm³/mol. The van der Waals surface area contributed by atoms with Gasteiger partial charge in [0.15, 0.2) is 0 Å². The second-order valence-corrected chi connectivity index (χ2v) is 4.68.